The van der Waals surface area contributed by atoms with E-state index in [0.717, 1.165) is 12.8 Å². The lowest BCUT2D eigenvalue weighted by Gasteiger charge is -2.11. The van der Waals surface area contributed by atoms with Crippen LogP contribution in [0.5, 0.6) is 0 Å². The first-order chi connectivity index (χ1) is 10.5. The topological polar surface area (TPSA) is 55.4 Å². The Hall–Kier alpha value is -1.23. The summed E-state index contributed by atoms with van der Waals surface area (Å²) in [6.45, 7) is -0.384. The van der Waals surface area contributed by atoms with Gasteiger partial charge in [0, 0.05) is 5.02 Å². The van der Waals surface area contributed by atoms with Crippen LogP contribution in [-0.2, 0) is 14.3 Å². The average molecular weight is 363 g/mol. The summed E-state index contributed by atoms with van der Waals surface area (Å²) in [5.41, 5.74) is 0.243. The molecular formula is C15H14Cl3NO3. The zero-order valence-electron chi connectivity index (χ0n) is 11.6. The molecule has 0 aliphatic heterocycles. The van der Waals surface area contributed by atoms with Gasteiger partial charge in [-0.15, -0.1) is 0 Å². The molecule has 0 bridgehead atoms. The van der Waals surface area contributed by atoms with Crippen LogP contribution < -0.4 is 5.32 Å². The molecule has 1 amide bonds. The summed E-state index contributed by atoms with van der Waals surface area (Å²) in [4.78, 5) is 23.4. The van der Waals surface area contributed by atoms with Gasteiger partial charge < -0.3 is 10.1 Å². The summed E-state index contributed by atoms with van der Waals surface area (Å²) in [5, 5.41) is 3.30. The zero-order valence-corrected chi connectivity index (χ0v) is 13.8. The fourth-order valence-corrected chi connectivity index (χ4v) is 3.03. The third-order valence-corrected chi connectivity index (χ3v) is 3.99. The van der Waals surface area contributed by atoms with Crippen LogP contribution in [0.1, 0.15) is 19.3 Å². The molecule has 0 heterocycles. The Kier molecular flexibility index (Phi) is 6.12. The van der Waals surface area contributed by atoms with Crippen LogP contribution in [0.15, 0.2) is 24.3 Å². The van der Waals surface area contributed by atoms with E-state index in [2.05, 4.69) is 5.32 Å². The lowest BCUT2D eigenvalue weighted by molar-refractivity contribution is -0.147. The smallest absolute Gasteiger partial charge is 0.306 e. The average Bonchev–Trinajstić information content (AvgIpc) is 2.93. The first-order valence-corrected chi connectivity index (χ1v) is 7.86. The van der Waals surface area contributed by atoms with Gasteiger partial charge in [0.15, 0.2) is 6.61 Å². The highest BCUT2D eigenvalue weighted by atomic mass is 35.5. The molecule has 22 heavy (non-hydrogen) atoms. The molecule has 1 aromatic carbocycles. The van der Waals surface area contributed by atoms with E-state index in [9.17, 15) is 9.59 Å². The van der Waals surface area contributed by atoms with E-state index < -0.39 is 11.9 Å². The molecule has 0 saturated heterocycles. The number of carbonyl (C=O) groups is 2. The van der Waals surface area contributed by atoms with Crippen molar-refractivity contribution in [1.29, 1.82) is 0 Å². The van der Waals surface area contributed by atoms with Crippen LogP contribution in [-0.4, -0.2) is 18.5 Å². The highest BCUT2D eigenvalue weighted by molar-refractivity contribution is 6.42. The summed E-state index contributed by atoms with van der Waals surface area (Å²) < 4.78 is 4.94. The van der Waals surface area contributed by atoms with Crippen LogP contribution in [0, 0.1) is 5.92 Å². The monoisotopic (exact) mass is 361 g/mol. The number of esters is 1. The fourth-order valence-electron chi connectivity index (χ4n) is 2.12. The van der Waals surface area contributed by atoms with Gasteiger partial charge in [0.2, 0.25) is 0 Å². The van der Waals surface area contributed by atoms with E-state index in [-0.39, 0.29) is 34.7 Å². The molecule has 0 radical (unpaired) electrons. The van der Waals surface area contributed by atoms with Gasteiger partial charge in [-0.2, -0.15) is 0 Å². The van der Waals surface area contributed by atoms with Crippen LogP contribution in [0.2, 0.25) is 15.1 Å². The van der Waals surface area contributed by atoms with E-state index >= 15 is 0 Å². The molecule has 0 unspecified atom stereocenters. The number of allylic oxidation sites excluding steroid dienone is 2. The maximum absolute atomic E-state index is 11.8. The molecule has 4 nitrogen and oxygen atoms in total. The quantitative estimate of drug-likeness (QED) is 0.620. The number of ether oxygens (including phenoxy) is 1. The summed E-state index contributed by atoms with van der Waals surface area (Å²) >= 11 is 17.7. The molecule has 0 spiro atoms. The van der Waals surface area contributed by atoms with Crippen LogP contribution >= 0.6 is 34.8 Å². The van der Waals surface area contributed by atoms with Gasteiger partial charge in [0.25, 0.3) is 5.91 Å². The predicted molar refractivity (Wildman–Crippen MR) is 87.5 cm³/mol. The van der Waals surface area contributed by atoms with Crippen LogP contribution in [0.25, 0.3) is 0 Å². The van der Waals surface area contributed by atoms with E-state index in [4.69, 9.17) is 39.5 Å². The standard InChI is InChI=1S/C15H14Cl3NO3/c16-10-6-11(17)15(12(18)7-10)19-13(20)8-22-14(21)5-9-3-1-2-4-9/h1,3,6-7,9H,2,4-5,8H2,(H,19,20)/t9-/m1/s1. The maximum atomic E-state index is 11.8. The minimum Gasteiger partial charge on any atom is -0.456 e. The summed E-state index contributed by atoms with van der Waals surface area (Å²) in [6, 6.07) is 2.92. The predicted octanol–water partition coefficient (Wildman–Crippen LogP) is 4.48. The number of anilines is 1. The third kappa shape index (κ3) is 4.90. The second-order valence-electron chi connectivity index (χ2n) is 4.92. The van der Waals surface area contributed by atoms with Crippen molar-refractivity contribution >= 4 is 52.4 Å². The molecule has 2 rings (SSSR count). The minimum atomic E-state index is -0.513. The highest BCUT2D eigenvalue weighted by Gasteiger charge is 2.17. The number of benzene rings is 1. The molecule has 1 N–H and O–H groups in total. The molecule has 1 aliphatic rings. The summed E-state index contributed by atoms with van der Waals surface area (Å²) in [6.07, 6.45) is 6.24. The van der Waals surface area contributed by atoms with Crippen LogP contribution in [0.3, 0.4) is 0 Å². The van der Waals surface area contributed by atoms with Crippen LogP contribution in [0.4, 0.5) is 5.69 Å². The molecule has 118 valence electrons. The van der Waals surface area contributed by atoms with Gasteiger partial charge in [-0.05, 0) is 30.9 Å². The largest absolute Gasteiger partial charge is 0.456 e. The molecule has 1 atom stereocenters. The Balaban J connectivity index is 1.83. The zero-order chi connectivity index (χ0) is 16.1. The van der Waals surface area contributed by atoms with Crippen molar-refractivity contribution in [2.24, 2.45) is 5.92 Å². The van der Waals surface area contributed by atoms with Crippen molar-refractivity contribution in [3.05, 3.63) is 39.4 Å². The Morgan fingerprint density at radius 3 is 2.50 bits per heavy atom. The van der Waals surface area contributed by atoms with E-state index in [0.29, 0.717) is 5.02 Å². The Labute approximate surface area is 143 Å². The molecule has 0 aromatic heterocycles. The Morgan fingerprint density at radius 1 is 1.23 bits per heavy atom. The van der Waals surface area contributed by atoms with Crippen molar-refractivity contribution in [3.63, 3.8) is 0 Å². The number of carbonyl (C=O) groups excluding carboxylic acids is 2. The lowest BCUT2D eigenvalue weighted by Crippen LogP contribution is -2.22. The van der Waals surface area contributed by atoms with E-state index in [1.54, 1.807) is 0 Å². The lowest BCUT2D eigenvalue weighted by atomic mass is 10.1. The summed E-state index contributed by atoms with van der Waals surface area (Å²) in [5.74, 6) is -0.711. The first-order valence-electron chi connectivity index (χ1n) is 6.72. The normalized spacial score (nSPS) is 16.6. The summed E-state index contributed by atoms with van der Waals surface area (Å²) in [7, 11) is 0. The molecule has 1 aliphatic carbocycles. The minimum absolute atomic E-state index is 0.204. The van der Waals surface area contributed by atoms with Gasteiger partial charge >= 0.3 is 5.97 Å². The number of nitrogens with one attached hydrogen (secondary N) is 1. The molecule has 1 aromatic rings. The Morgan fingerprint density at radius 2 is 1.91 bits per heavy atom. The second-order valence-corrected chi connectivity index (χ2v) is 6.17. The second kappa shape index (κ2) is 7.86. The van der Waals surface area contributed by atoms with Crippen molar-refractivity contribution < 1.29 is 14.3 Å². The van der Waals surface area contributed by atoms with Crippen molar-refractivity contribution in [1.82, 2.24) is 0 Å². The van der Waals surface area contributed by atoms with E-state index in [1.807, 2.05) is 12.2 Å². The Bertz CT molecular complexity index is 593. The molecule has 0 fully saturated rings. The number of amides is 1. The van der Waals surface area contributed by atoms with Gasteiger partial charge in [0.05, 0.1) is 22.2 Å². The number of halogens is 3. The first kappa shape index (κ1) is 17.1. The van der Waals surface area contributed by atoms with Gasteiger partial charge in [-0.3, -0.25) is 9.59 Å². The number of hydrogen-bond acceptors (Lipinski definition) is 3. The molecule has 0 saturated carbocycles. The maximum Gasteiger partial charge on any atom is 0.306 e. The van der Waals surface area contributed by atoms with Crippen molar-refractivity contribution in [2.75, 3.05) is 11.9 Å². The van der Waals surface area contributed by atoms with E-state index in [1.165, 1.54) is 12.1 Å². The molecular weight excluding hydrogens is 349 g/mol. The third-order valence-electron chi connectivity index (χ3n) is 3.18. The van der Waals surface area contributed by atoms with Gasteiger partial charge in [0.1, 0.15) is 0 Å². The highest BCUT2D eigenvalue weighted by Crippen LogP contribution is 2.33. The fraction of sp³-hybridized carbons (Fsp3) is 0.333. The van der Waals surface area contributed by atoms with Gasteiger partial charge in [-0.25, -0.2) is 0 Å². The van der Waals surface area contributed by atoms with Gasteiger partial charge in [-0.1, -0.05) is 47.0 Å². The number of hydrogen-bond donors (Lipinski definition) is 1. The SMILES string of the molecule is O=C(COC(=O)C[C@@H]1C=CCC1)Nc1c(Cl)cc(Cl)cc1Cl. The molecule has 7 heteroatoms. The van der Waals surface area contributed by atoms with Crippen molar-refractivity contribution in [2.45, 2.75) is 19.3 Å². The number of rotatable bonds is 5. The van der Waals surface area contributed by atoms with Crippen molar-refractivity contribution in [3.8, 4) is 0 Å².